The molecule has 2 aliphatic carbocycles. The Morgan fingerprint density at radius 1 is 1.44 bits per heavy atom. The number of nitrogens with one attached hydrogen (secondary N) is 1. The van der Waals surface area contributed by atoms with Crippen molar-refractivity contribution in [1.29, 1.82) is 0 Å². The van der Waals surface area contributed by atoms with Crippen molar-refractivity contribution < 1.29 is 9.53 Å². The van der Waals surface area contributed by atoms with Gasteiger partial charge in [-0.3, -0.25) is 4.79 Å². The van der Waals surface area contributed by atoms with E-state index in [4.69, 9.17) is 10.5 Å². The highest BCUT2D eigenvalue weighted by Crippen LogP contribution is 2.54. The molecular weight excluding hydrogens is 228 g/mol. The molecule has 0 saturated heterocycles. The van der Waals surface area contributed by atoms with Gasteiger partial charge in [0.15, 0.2) is 0 Å². The molecule has 0 radical (unpaired) electrons. The van der Waals surface area contributed by atoms with E-state index in [1.807, 2.05) is 0 Å². The predicted octanol–water partition coefficient (Wildman–Crippen LogP) is 1.58. The monoisotopic (exact) mass is 254 g/mol. The maximum absolute atomic E-state index is 11.8. The van der Waals surface area contributed by atoms with E-state index in [1.165, 1.54) is 25.7 Å². The zero-order valence-electron chi connectivity index (χ0n) is 11.4. The highest BCUT2D eigenvalue weighted by atomic mass is 16.5. The van der Waals surface area contributed by atoms with Crippen molar-refractivity contribution in [2.24, 2.45) is 11.1 Å². The number of amides is 1. The Hall–Kier alpha value is -0.610. The van der Waals surface area contributed by atoms with Gasteiger partial charge in [-0.1, -0.05) is 12.8 Å². The van der Waals surface area contributed by atoms with Gasteiger partial charge in [0.05, 0.1) is 6.10 Å². The summed E-state index contributed by atoms with van der Waals surface area (Å²) in [6.07, 6.45) is 7.66. The van der Waals surface area contributed by atoms with E-state index in [0.717, 1.165) is 19.4 Å². The van der Waals surface area contributed by atoms with Crippen LogP contribution in [-0.2, 0) is 9.53 Å². The number of hydrogen-bond acceptors (Lipinski definition) is 3. The van der Waals surface area contributed by atoms with Crippen LogP contribution in [0.4, 0.5) is 0 Å². The van der Waals surface area contributed by atoms with E-state index in [9.17, 15) is 4.79 Å². The predicted molar refractivity (Wildman–Crippen MR) is 71.2 cm³/mol. The molecular formula is C14H26N2O2. The van der Waals surface area contributed by atoms with Crippen LogP contribution >= 0.6 is 0 Å². The fourth-order valence-corrected chi connectivity index (χ4v) is 3.62. The van der Waals surface area contributed by atoms with Crippen LogP contribution < -0.4 is 11.1 Å². The lowest BCUT2D eigenvalue weighted by Crippen LogP contribution is -2.63. The maximum Gasteiger partial charge on any atom is 0.220 e. The number of rotatable bonds is 6. The summed E-state index contributed by atoms with van der Waals surface area (Å²) < 4.78 is 5.84. The molecule has 3 N–H and O–H groups in total. The topological polar surface area (TPSA) is 64.3 Å². The smallest absolute Gasteiger partial charge is 0.220 e. The molecule has 18 heavy (non-hydrogen) atoms. The minimum absolute atomic E-state index is 0.159. The van der Waals surface area contributed by atoms with E-state index in [-0.39, 0.29) is 11.3 Å². The Labute approximate surface area is 110 Å². The molecule has 0 aliphatic heterocycles. The van der Waals surface area contributed by atoms with Gasteiger partial charge in [-0.05, 0) is 39.2 Å². The molecule has 0 heterocycles. The first-order chi connectivity index (χ1) is 8.73. The Balaban J connectivity index is 1.88. The summed E-state index contributed by atoms with van der Waals surface area (Å²) in [6, 6.07) is 0.335. The summed E-state index contributed by atoms with van der Waals surface area (Å²) >= 11 is 0. The molecule has 2 rings (SSSR count). The summed E-state index contributed by atoms with van der Waals surface area (Å²) in [4.78, 5) is 11.8. The number of nitrogens with two attached hydrogens (primary N) is 1. The van der Waals surface area contributed by atoms with Crippen molar-refractivity contribution in [3.8, 4) is 0 Å². The molecule has 2 saturated carbocycles. The fourth-order valence-electron chi connectivity index (χ4n) is 3.62. The minimum atomic E-state index is 0.159. The molecule has 2 atom stereocenters. The Bertz CT molecular complexity index is 288. The van der Waals surface area contributed by atoms with Crippen LogP contribution in [0, 0.1) is 5.41 Å². The third kappa shape index (κ3) is 2.54. The van der Waals surface area contributed by atoms with Crippen molar-refractivity contribution in [2.45, 2.75) is 64.0 Å². The molecule has 0 aromatic carbocycles. The summed E-state index contributed by atoms with van der Waals surface area (Å²) in [6.45, 7) is 3.42. The quantitative estimate of drug-likeness (QED) is 0.756. The summed E-state index contributed by atoms with van der Waals surface area (Å²) in [5.74, 6) is 0.159. The van der Waals surface area contributed by atoms with E-state index in [1.54, 1.807) is 0 Å². The van der Waals surface area contributed by atoms with Crippen LogP contribution in [-0.4, -0.2) is 31.2 Å². The third-order valence-corrected chi connectivity index (χ3v) is 4.63. The largest absolute Gasteiger partial charge is 0.378 e. The van der Waals surface area contributed by atoms with E-state index < -0.39 is 0 Å². The van der Waals surface area contributed by atoms with Crippen LogP contribution in [0.5, 0.6) is 0 Å². The third-order valence-electron chi connectivity index (χ3n) is 4.63. The number of carbonyl (C=O) groups excluding carboxylic acids is 1. The first-order valence-electron chi connectivity index (χ1n) is 7.34. The molecule has 104 valence electrons. The van der Waals surface area contributed by atoms with Gasteiger partial charge in [-0.25, -0.2) is 0 Å². The summed E-state index contributed by atoms with van der Waals surface area (Å²) in [7, 11) is 0. The van der Waals surface area contributed by atoms with Crippen LogP contribution in [0.2, 0.25) is 0 Å². The SMILES string of the molecule is CCOC1CC(NC(=O)CCCN)C12CCCC2. The van der Waals surface area contributed by atoms with Gasteiger partial charge < -0.3 is 15.8 Å². The first kappa shape index (κ1) is 13.8. The second-order valence-corrected chi connectivity index (χ2v) is 5.63. The lowest BCUT2D eigenvalue weighted by molar-refractivity contribution is -0.144. The average Bonchev–Trinajstić information content (AvgIpc) is 2.87. The molecule has 4 heteroatoms. The van der Waals surface area contributed by atoms with Crippen molar-refractivity contribution in [3.05, 3.63) is 0 Å². The lowest BCUT2D eigenvalue weighted by atomic mass is 9.60. The van der Waals surface area contributed by atoms with Gasteiger partial charge >= 0.3 is 0 Å². The molecule has 1 amide bonds. The van der Waals surface area contributed by atoms with E-state index in [0.29, 0.717) is 25.1 Å². The van der Waals surface area contributed by atoms with Crippen molar-refractivity contribution in [1.82, 2.24) is 5.32 Å². The maximum atomic E-state index is 11.8. The van der Waals surface area contributed by atoms with Crippen molar-refractivity contribution in [2.75, 3.05) is 13.2 Å². The molecule has 0 bridgehead atoms. The van der Waals surface area contributed by atoms with Gasteiger partial charge in [0.2, 0.25) is 5.91 Å². The van der Waals surface area contributed by atoms with Crippen LogP contribution in [0.15, 0.2) is 0 Å². The van der Waals surface area contributed by atoms with Gasteiger partial charge in [0.1, 0.15) is 0 Å². The zero-order chi connectivity index (χ0) is 13.0. The second kappa shape index (κ2) is 6.02. The molecule has 2 unspecified atom stereocenters. The standard InChI is InChI=1S/C14H26N2O2/c1-2-18-12-10-11(14(12)7-3-4-8-14)16-13(17)6-5-9-15/h11-12H,2-10,15H2,1H3,(H,16,17). The summed E-state index contributed by atoms with van der Waals surface area (Å²) in [5.41, 5.74) is 5.68. The van der Waals surface area contributed by atoms with E-state index >= 15 is 0 Å². The fraction of sp³-hybridized carbons (Fsp3) is 0.929. The minimum Gasteiger partial charge on any atom is -0.378 e. The number of carbonyl (C=O) groups is 1. The Morgan fingerprint density at radius 3 is 2.78 bits per heavy atom. The van der Waals surface area contributed by atoms with Crippen molar-refractivity contribution >= 4 is 5.91 Å². The highest BCUT2D eigenvalue weighted by molar-refractivity contribution is 5.76. The first-order valence-corrected chi connectivity index (χ1v) is 7.34. The van der Waals surface area contributed by atoms with Crippen LogP contribution in [0.25, 0.3) is 0 Å². The van der Waals surface area contributed by atoms with Gasteiger partial charge in [-0.15, -0.1) is 0 Å². The van der Waals surface area contributed by atoms with Crippen LogP contribution in [0.1, 0.15) is 51.9 Å². The molecule has 2 fully saturated rings. The highest BCUT2D eigenvalue weighted by Gasteiger charge is 2.57. The Kier molecular flexibility index (Phi) is 4.62. The van der Waals surface area contributed by atoms with Crippen molar-refractivity contribution in [3.63, 3.8) is 0 Å². The normalized spacial score (nSPS) is 29.2. The summed E-state index contributed by atoms with van der Waals surface area (Å²) in [5, 5.41) is 3.20. The number of ether oxygens (including phenoxy) is 1. The molecule has 4 nitrogen and oxygen atoms in total. The molecule has 0 aromatic rings. The lowest BCUT2D eigenvalue weighted by Gasteiger charge is -2.54. The van der Waals surface area contributed by atoms with E-state index in [2.05, 4.69) is 12.2 Å². The molecule has 2 aliphatic rings. The van der Waals surface area contributed by atoms with Crippen LogP contribution in [0.3, 0.4) is 0 Å². The van der Waals surface area contributed by atoms with Gasteiger partial charge in [0.25, 0.3) is 0 Å². The number of hydrogen-bond donors (Lipinski definition) is 2. The van der Waals surface area contributed by atoms with Gasteiger partial charge in [-0.2, -0.15) is 0 Å². The zero-order valence-corrected chi connectivity index (χ0v) is 11.4. The molecule has 0 aromatic heterocycles. The second-order valence-electron chi connectivity index (χ2n) is 5.63. The average molecular weight is 254 g/mol. The molecule has 1 spiro atoms. The van der Waals surface area contributed by atoms with Gasteiger partial charge in [0, 0.05) is 24.5 Å². The Morgan fingerprint density at radius 2 is 2.17 bits per heavy atom.